The molecule has 0 saturated heterocycles. The van der Waals surface area contributed by atoms with E-state index in [0.717, 1.165) is 0 Å². The highest BCUT2D eigenvalue weighted by molar-refractivity contribution is 9.10. The lowest BCUT2D eigenvalue weighted by Crippen LogP contribution is -2.39. The van der Waals surface area contributed by atoms with E-state index in [4.69, 9.17) is 16.3 Å². The zero-order valence-corrected chi connectivity index (χ0v) is 14.7. The van der Waals surface area contributed by atoms with Crippen LogP contribution < -0.4 is 0 Å². The van der Waals surface area contributed by atoms with Crippen LogP contribution >= 0.6 is 27.5 Å². The molecule has 0 aromatic heterocycles. The van der Waals surface area contributed by atoms with Gasteiger partial charge in [-0.1, -0.05) is 25.4 Å². The molecule has 0 N–H and O–H groups in total. The van der Waals surface area contributed by atoms with Gasteiger partial charge >= 0.3 is 5.97 Å². The second kappa shape index (κ2) is 8.39. The molecule has 0 aliphatic rings. The number of amides is 1. The molecule has 1 aromatic carbocycles. The summed E-state index contributed by atoms with van der Waals surface area (Å²) in [6.45, 7) is 6.44. The minimum atomic E-state index is -0.406. The van der Waals surface area contributed by atoms with E-state index in [0.29, 0.717) is 28.2 Å². The molecule has 0 aliphatic heterocycles. The van der Waals surface area contributed by atoms with Crippen LogP contribution in [0.3, 0.4) is 0 Å². The number of carbonyl (C=O) groups is 2. The summed E-state index contributed by atoms with van der Waals surface area (Å²) in [5.74, 6) is -0.383. The molecule has 4 nitrogen and oxygen atoms in total. The van der Waals surface area contributed by atoms with E-state index in [1.165, 1.54) is 4.90 Å². The van der Waals surface area contributed by atoms with Gasteiger partial charge in [0.25, 0.3) is 5.91 Å². The van der Waals surface area contributed by atoms with Crippen molar-refractivity contribution < 1.29 is 14.3 Å². The first-order chi connectivity index (χ1) is 9.85. The van der Waals surface area contributed by atoms with Crippen molar-refractivity contribution in [2.75, 3.05) is 19.7 Å². The van der Waals surface area contributed by atoms with Crippen LogP contribution in [0.15, 0.2) is 22.7 Å². The van der Waals surface area contributed by atoms with Crippen molar-refractivity contribution in [2.45, 2.75) is 20.8 Å². The summed E-state index contributed by atoms with van der Waals surface area (Å²) in [6, 6.07) is 4.96. The van der Waals surface area contributed by atoms with E-state index in [1.807, 2.05) is 13.8 Å². The Bertz CT molecular complexity index is 520. The second-order valence-corrected chi connectivity index (χ2v) is 6.30. The number of halogens is 2. The first-order valence-corrected chi connectivity index (χ1v) is 7.92. The summed E-state index contributed by atoms with van der Waals surface area (Å²) in [5, 5.41) is 0.541. The Hall–Kier alpha value is -1.07. The first-order valence-electron chi connectivity index (χ1n) is 6.75. The Kier molecular flexibility index (Phi) is 7.18. The Morgan fingerprint density at radius 3 is 2.57 bits per heavy atom. The monoisotopic (exact) mass is 375 g/mol. The highest BCUT2D eigenvalue weighted by Gasteiger charge is 2.22. The van der Waals surface area contributed by atoms with Crippen LogP contribution in [0.4, 0.5) is 0 Å². The lowest BCUT2D eigenvalue weighted by atomic mass is 10.1. The summed E-state index contributed by atoms with van der Waals surface area (Å²) < 4.78 is 5.53. The normalized spacial score (nSPS) is 10.6. The fourth-order valence-corrected chi connectivity index (χ4v) is 2.71. The molecule has 116 valence electrons. The average Bonchev–Trinajstić information content (AvgIpc) is 2.37. The molecule has 0 unspecified atom stereocenters. The summed E-state index contributed by atoms with van der Waals surface area (Å²) in [4.78, 5) is 25.8. The van der Waals surface area contributed by atoms with Gasteiger partial charge in [-0.15, -0.1) is 0 Å². The molecule has 0 heterocycles. The summed E-state index contributed by atoms with van der Waals surface area (Å²) in [6.07, 6.45) is 0. The number of hydrogen-bond donors (Lipinski definition) is 0. The van der Waals surface area contributed by atoms with Gasteiger partial charge in [-0.05, 0) is 47.0 Å². The van der Waals surface area contributed by atoms with Crippen molar-refractivity contribution >= 4 is 39.4 Å². The minimum absolute atomic E-state index is 0.0556. The molecule has 21 heavy (non-hydrogen) atoms. The second-order valence-electron chi connectivity index (χ2n) is 5.01. The van der Waals surface area contributed by atoms with Crippen LogP contribution in [-0.4, -0.2) is 36.5 Å². The number of hydrogen-bond acceptors (Lipinski definition) is 3. The molecule has 0 fully saturated rings. The van der Waals surface area contributed by atoms with Crippen molar-refractivity contribution in [1.29, 1.82) is 0 Å². The van der Waals surface area contributed by atoms with Gasteiger partial charge in [0.15, 0.2) is 0 Å². The van der Waals surface area contributed by atoms with Gasteiger partial charge in [0.1, 0.15) is 6.54 Å². The zero-order valence-electron chi connectivity index (χ0n) is 12.4. The fourth-order valence-electron chi connectivity index (χ4n) is 1.86. The number of nitrogens with zero attached hydrogens (tertiary/aromatic N) is 1. The molecule has 0 bridgehead atoms. The fraction of sp³-hybridized carbons (Fsp3) is 0.467. The van der Waals surface area contributed by atoms with E-state index in [2.05, 4.69) is 15.9 Å². The molecule has 0 aliphatic carbocycles. The predicted molar refractivity (Wildman–Crippen MR) is 86.5 cm³/mol. The Morgan fingerprint density at radius 2 is 2.05 bits per heavy atom. The van der Waals surface area contributed by atoms with Gasteiger partial charge in [-0.2, -0.15) is 0 Å². The maximum atomic E-state index is 12.6. The van der Waals surface area contributed by atoms with Crippen LogP contribution in [-0.2, 0) is 9.53 Å². The molecule has 0 atom stereocenters. The molecule has 0 saturated carbocycles. The maximum absolute atomic E-state index is 12.6. The molecule has 0 spiro atoms. The third-order valence-electron chi connectivity index (χ3n) is 2.66. The Balaban J connectivity index is 2.95. The Labute approximate surface area is 138 Å². The molecular weight excluding hydrogens is 358 g/mol. The first kappa shape index (κ1) is 18.0. The van der Waals surface area contributed by atoms with E-state index < -0.39 is 5.97 Å². The van der Waals surface area contributed by atoms with Crippen molar-refractivity contribution in [3.63, 3.8) is 0 Å². The van der Waals surface area contributed by atoms with Crippen LogP contribution in [0.5, 0.6) is 0 Å². The van der Waals surface area contributed by atoms with Gasteiger partial charge in [-0.25, -0.2) is 0 Å². The van der Waals surface area contributed by atoms with Gasteiger partial charge in [0.2, 0.25) is 0 Å². The average molecular weight is 377 g/mol. The summed E-state index contributed by atoms with van der Waals surface area (Å²) in [7, 11) is 0. The third kappa shape index (κ3) is 5.67. The van der Waals surface area contributed by atoms with Gasteiger partial charge in [-0.3, -0.25) is 9.59 Å². The molecule has 1 amide bonds. The van der Waals surface area contributed by atoms with Crippen LogP contribution in [0.1, 0.15) is 31.1 Å². The quantitative estimate of drug-likeness (QED) is 0.710. The number of ether oxygens (including phenoxy) is 1. The van der Waals surface area contributed by atoms with E-state index >= 15 is 0 Å². The van der Waals surface area contributed by atoms with E-state index in [1.54, 1.807) is 25.1 Å². The van der Waals surface area contributed by atoms with Crippen molar-refractivity contribution in [2.24, 2.45) is 5.92 Å². The molecule has 1 rings (SSSR count). The van der Waals surface area contributed by atoms with Crippen LogP contribution in [0.25, 0.3) is 0 Å². The number of carbonyl (C=O) groups excluding carboxylic acids is 2. The maximum Gasteiger partial charge on any atom is 0.325 e. The van der Waals surface area contributed by atoms with E-state index in [9.17, 15) is 9.59 Å². The van der Waals surface area contributed by atoms with Crippen molar-refractivity contribution in [3.8, 4) is 0 Å². The number of esters is 1. The summed E-state index contributed by atoms with van der Waals surface area (Å²) in [5.41, 5.74) is 0.476. The standard InChI is InChI=1S/C15H19BrClNO3/c1-4-21-14(19)9-18(8-10(2)3)15(20)12-6-5-11(17)7-13(12)16/h5-7,10H,4,8-9H2,1-3H3. The predicted octanol–water partition coefficient (Wildman–Crippen LogP) is 3.76. The smallest absolute Gasteiger partial charge is 0.325 e. The van der Waals surface area contributed by atoms with Crippen LogP contribution in [0, 0.1) is 5.92 Å². The third-order valence-corrected chi connectivity index (χ3v) is 3.55. The largest absolute Gasteiger partial charge is 0.465 e. The lowest BCUT2D eigenvalue weighted by Gasteiger charge is -2.24. The van der Waals surface area contributed by atoms with Gasteiger partial charge in [0, 0.05) is 16.0 Å². The van der Waals surface area contributed by atoms with Crippen molar-refractivity contribution in [1.82, 2.24) is 4.90 Å². The Morgan fingerprint density at radius 1 is 1.38 bits per heavy atom. The van der Waals surface area contributed by atoms with Crippen LogP contribution in [0.2, 0.25) is 5.02 Å². The SMILES string of the molecule is CCOC(=O)CN(CC(C)C)C(=O)c1ccc(Cl)cc1Br. The summed E-state index contributed by atoms with van der Waals surface area (Å²) >= 11 is 9.21. The van der Waals surface area contributed by atoms with E-state index in [-0.39, 0.29) is 18.4 Å². The highest BCUT2D eigenvalue weighted by atomic mass is 79.9. The van der Waals surface area contributed by atoms with Gasteiger partial charge in [0.05, 0.1) is 12.2 Å². The molecule has 6 heteroatoms. The number of benzene rings is 1. The molecule has 1 aromatic rings. The molecule has 0 radical (unpaired) electrons. The lowest BCUT2D eigenvalue weighted by molar-refractivity contribution is -0.143. The van der Waals surface area contributed by atoms with Gasteiger partial charge < -0.3 is 9.64 Å². The molecular formula is C15H19BrClNO3. The minimum Gasteiger partial charge on any atom is -0.465 e. The zero-order chi connectivity index (χ0) is 16.0. The van der Waals surface area contributed by atoms with Crippen molar-refractivity contribution in [3.05, 3.63) is 33.3 Å². The number of rotatable bonds is 6. The highest BCUT2D eigenvalue weighted by Crippen LogP contribution is 2.23. The topological polar surface area (TPSA) is 46.6 Å².